The van der Waals surface area contributed by atoms with Crippen LogP contribution in [-0.2, 0) is 20.1 Å². The van der Waals surface area contributed by atoms with Gasteiger partial charge in [0.15, 0.2) is 0 Å². The van der Waals surface area contributed by atoms with Crippen molar-refractivity contribution in [3.8, 4) is 0 Å². The lowest BCUT2D eigenvalue weighted by molar-refractivity contribution is 0.0950. The summed E-state index contributed by atoms with van der Waals surface area (Å²) in [5, 5.41) is 19.3. The van der Waals surface area contributed by atoms with Crippen molar-refractivity contribution in [2.75, 3.05) is 25.9 Å². The first kappa shape index (κ1) is 15.9. The zero-order valence-electron chi connectivity index (χ0n) is 13.3. The third kappa shape index (κ3) is 3.88. The van der Waals surface area contributed by atoms with Gasteiger partial charge in [0.25, 0.3) is 5.91 Å². The minimum absolute atomic E-state index is 0.134. The topological polar surface area (TPSA) is 93.8 Å². The third-order valence-corrected chi connectivity index (χ3v) is 4.65. The molecule has 0 spiro atoms. The molecule has 9 nitrogen and oxygen atoms in total. The van der Waals surface area contributed by atoms with Gasteiger partial charge in [-0.15, -0.1) is 5.10 Å². The number of aryl methyl sites for hydroxylation is 2. The van der Waals surface area contributed by atoms with Crippen LogP contribution in [-0.4, -0.2) is 66.7 Å². The lowest BCUT2D eigenvalue weighted by Crippen LogP contribution is -2.26. The van der Waals surface area contributed by atoms with Crippen LogP contribution in [0.1, 0.15) is 22.6 Å². The first-order valence-corrected chi connectivity index (χ1v) is 8.50. The summed E-state index contributed by atoms with van der Waals surface area (Å²) in [5.41, 5.74) is 1.58. The van der Waals surface area contributed by atoms with Crippen molar-refractivity contribution in [3.63, 3.8) is 0 Å². The van der Waals surface area contributed by atoms with E-state index in [0.29, 0.717) is 18.0 Å². The number of aromatic nitrogens is 6. The smallest absolute Gasteiger partial charge is 0.271 e. The molecule has 0 aromatic carbocycles. The van der Waals surface area contributed by atoms with Gasteiger partial charge in [0.2, 0.25) is 5.16 Å². The Bertz CT molecular complexity index is 681. The fraction of sp³-hybridized carbons (Fsp3) is 0.615. The lowest BCUT2D eigenvalue weighted by Gasteiger charge is -2.10. The second kappa shape index (κ2) is 7.09. The Morgan fingerprint density at radius 3 is 3.04 bits per heavy atom. The number of hydrogen-bond donors (Lipinski definition) is 1. The molecular weight excluding hydrogens is 316 g/mol. The summed E-state index contributed by atoms with van der Waals surface area (Å²) in [5.74, 6) is 0.570. The molecule has 1 aliphatic heterocycles. The SMILES string of the molecule is CN1CCCn2nc(C(=O)NCCSc3nnnn3C)cc2C1. The predicted octanol–water partition coefficient (Wildman–Crippen LogP) is -0.236. The Labute approximate surface area is 138 Å². The molecule has 0 aliphatic carbocycles. The Balaban J connectivity index is 1.51. The van der Waals surface area contributed by atoms with E-state index in [1.54, 1.807) is 11.7 Å². The van der Waals surface area contributed by atoms with Crippen LogP contribution < -0.4 is 5.32 Å². The van der Waals surface area contributed by atoms with E-state index in [2.05, 4.69) is 37.9 Å². The first-order valence-electron chi connectivity index (χ1n) is 7.52. The van der Waals surface area contributed by atoms with Gasteiger partial charge in [-0.05, 0) is 30.0 Å². The van der Waals surface area contributed by atoms with E-state index < -0.39 is 0 Å². The van der Waals surface area contributed by atoms with Gasteiger partial charge >= 0.3 is 0 Å². The summed E-state index contributed by atoms with van der Waals surface area (Å²) in [6, 6.07) is 1.89. The van der Waals surface area contributed by atoms with Crippen molar-refractivity contribution in [2.24, 2.45) is 7.05 Å². The maximum absolute atomic E-state index is 12.2. The summed E-state index contributed by atoms with van der Waals surface area (Å²) in [6.45, 7) is 3.29. The van der Waals surface area contributed by atoms with Crippen LogP contribution in [0.5, 0.6) is 0 Å². The minimum atomic E-state index is -0.134. The second-order valence-corrected chi connectivity index (χ2v) is 6.59. The maximum atomic E-state index is 12.2. The van der Waals surface area contributed by atoms with E-state index >= 15 is 0 Å². The molecule has 1 N–H and O–H groups in total. The minimum Gasteiger partial charge on any atom is -0.350 e. The van der Waals surface area contributed by atoms with Gasteiger partial charge in [0.1, 0.15) is 5.69 Å². The predicted molar refractivity (Wildman–Crippen MR) is 85.0 cm³/mol. The highest BCUT2D eigenvalue weighted by atomic mass is 32.2. The lowest BCUT2D eigenvalue weighted by atomic mass is 10.3. The summed E-state index contributed by atoms with van der Waals surface area (Å²) in [4.78, 5) is 14.4. The number of hydrogen-bond acceptors (Lipinski definition) is 7. The number of tetrazole rings is 1. The zero-order valence-corrected chi connectivity index (χ0v) is 14.1. The van der Waals surface area contributed by atoms with Crippen molar-refractivity contribution < 1.29 is 4.79 Å². The summed E-state index contributed by atoms with van der Waals surface area (Å²) in [7, 11) is 3.87. The molecule has 3 rings (SSSR count). The normalized spacial score (nSPS) is 15.2. The monoisotopic (exact) mass is 336 g/mol. The number of nitrogens with zero attached hydrogens (tertiary/aromatic N) is 7. The van der Waals surface area contributed by atoms with Crippen LogP contribution >= 0.6 is 11.8 Å². The summed E-state index contributed by atoms with van der Waals surface area (Å²) in [6.07, 6.45) is 1.05. The van der Waals surface area contributed by atoms with Crippen LogP contribution in [0.3, 0.4) is 0 Å². The Morgan fingerprint density at radius 2 is 2.26 bits per heavy atom. The van der Waals surface area contributed by atoms with Crippen molar-refractivity contribution >= 4 is 17.7 Å². The van der Waals surface area contributed by atoms with E-state index in [1.807, 2.05) is 10.7 Å². The molecule has 0 atom stereocenters. The highest BCUT2D eigenvalue weighted by Crippen LogP contribution is 2.13. The average Bonchev–Trinajstić information content (AvgIpc) is 3.06. The Morgan fingerprint density at radius 1 is 1.39 bits per heavy atom. The van der Waals surface area contributed by atoms with E-state index in [1.165, 1.54) is 11.8 Å². The van der Waals surface area contributed by atoms with Crippen molar-refractivity contribution in [2.45, 2.75) is 24.7 Å². The number of rotatable bonds is 5. The molecule has 0 bridgehead atoms. The summed E-state index contributed by atoms with van der Waals surface area (Å²) >= 11 is 1.50. The summed E-state index contributed by atoms with van der Waals surface area (Å²) < 4.78 is 3.55. The highest BCUT2D eigenvalue weighted by molar-refractivity contribution is 7.99. The Kier molecular flexibility index (Phi) is 4.91. The van der Waals surface area contributed by atoms with Crippen molar-refractivity contribution in [1.82, 2.24) is 40.2 Å². The van der Waals surface area contributed by atoms with Crippen LogP contribution in [0.4, 0.5) is 0 Å². The van der Waals surface area contributed by atoms with Gasteiger partial charge in [-0.25, -0.2) is 4.68 Å². The Hall–Kier alpha value is -1.94. The second-order valence-electron chi connectivity index (χ2n) is 5.52. The number of amides is 1. The van der Waals surface area contributed by atoms with Gasteiger partial charge in [0, 0.05) is 39.0 Å². The van der Waals surface area contributed by atoms with Gasteiger partial charge in [0.05, 0.1) is 5.69 Å². The number of thioether (sulfide) groups is 1. The van der Waals surface area contributed by atoms with Crippen LogP contribution in [0.15, 0.2) is 11.2 Å². The van der Waals surface area contributed by atoms with E-state index in [9.17, 15) is 4.79 Å². The number of fused-ring (bicyclic) bond motifs is 1. The maximum Gasteiger partial charge on any atom is 0.271 e. The first-order chi connectivity index (χ1) is 11.1. The molecule has 1 aliphatic rings. The van der Waals surface area contributed by atoms with Crippen LogP contribution in [0.2, 0.25) is 0 Å². The zero-order chi connectivity index (χ0) is 16.2. The molecule has 3 heterocycles. The fourth-order valence-electron chi connectivity index (χ4n) is 2.47. The largest absolute Gasteiger partial charge is 0.350 e. The van der Waals surface area contributed by atoms with Gasteiger partial charge in [-0.3, -0.25) is 9.48 Å². The van der Waals surface area contributed by atoms with Gasteiger partial charge in [-0.2, -0.15) is 5.10 Å². The van der Waals surface area contributed by atoms with Crippen molar-refractivity contribution in [1.29, 1.82) is 0 Å². The van der Waals surface area contributed by atoms with Gasteiger partial charge in [-0.1, -0.05) is 11.8 Å². The average molecular weight is 336 g/mol. The van der Waals surface area contributed by atoms with E-state index in [0.717, 1.165) is 36.9 Å². The number of carbonyl (C=O) groups excluding carboxylic acids is 1. The number of carbonyl (C=O) groups is 1. The standard InChI is InChI=1S/C13H20N8OS/c1-19-5-3-6-21-10(9-19)8-11(16-21)12(22)14-4-7-23-13-15-17-18-20(13)2/h8H,3-7,9H2,1-2H3,(H,14,22). The third-order valence-electron chi connectivity index (χ3n) is 3.64. The van der Waals surface area contributed by atoms with Gasteiger partial charge < -0.3 is 10.2 Å². The van der Waals surface area contributed by atoms with Crippen LogP contribution in [0.25, 0.3) is 0 Å². The molecule has 2 aromatic rings. The van der Waals surface area contributed by atoms with E-state index in [4.69, 9.17) is 0 Å². The molecule has 0 unspecified atom stereocenters. The molecule has 2 aromatic heterocycles. The molecule has 10 heteroatoms. The molecule has 124 valence electrons. The number of nitrogens with one attached hydrogen (secondary N) is 1. The molecule has 0 radical (unpaired) electrons. The fourth-order valence-corrected chi connectivity index (χ4v) is 3.18. The molecule has 1 amide bonds. The van der Waals surface area contributed by atoms with Crippen LogP contribution in [0, 0.1) is 0 Å². The van der Waals surface area contributed by atoms with Crippen molar-refractivity contribution in [3.05, 3.63) is 17.5 Å². The molecule has 0 fully saturated rings. The molecular formula is C13H20N8OS. The molecule has 23 heavy (non-hydrogen) atoms. The molecule has 0 saturated carbocycles. The highest BCUT2D eigenvalue weighted by Gasteiger charge is 2.17. The molecule has 0 saturated heterocycles. The quantitative estimate of drug-likeness (QED) is 0.595. The van der Waals surface area contributed by atoms with E-state index in [-0.39, 0.29) is 5.91 Å².